The van der Waals surface area contributed by atoms with Gasteiger partial charge in [-0.3, -0.25) is 4.79 Å². The summed E-state index contributed by atoms with van der Waals surface area (Å²) in [6, 6.07) is 10.8. The monoisotopic (exact) mass is 398 g/mol. The highest BCUT2D eigenvalue weighted by atomic mass is 32.1. The number of carbonyl (C=O) groups is 1. The number of thiazole rings is 1. The third kappa shape index (κ3) is 3.94. The van der Waals surface area contributed by atoms with E-state index in [1.165, 1.54) is 18.4 Å². The zero-order valence-electron chi connectivity index (χ0n) is 16.1. The van der Waals surface area contributed by atoms with Crippen LogP contribution in [0.1, 0.15) is 17.3 Å². The number of allylic oxidation sites excluding steroid dienone is 1. The van der Waals surface area contributed by atoms with E-state index in [1.807, 2.05) is 29.7 Å². The normalized spacial score (nSPS) is 11.5. The van der Waals surface area contributed by atoms with Crippen LogP contribution in [0.3, 0.4) is 0 Å². The van der Waals surface area contributed by atoms with Crippen LogP contribution in [0.25, 0.3) is 10.2 Å². The summed E-state index contributed by atoms with van der Waals surface area (Å²) in [5, 5.41) is 0. The molecule has 0 spiro atoms. The molecule has 0 aliphatic heterocycles. The van der Waals surface area contributed by atoms with Crippen molar-refractivity contribution in [1.82, 2.24) is 4.57 Å². The Morgan fingerprint density at radius 1 is 1.18 bits per heavy atom. The van der Waals surface area contributed by atoms with Crippen LogP contribution in [0.2, 0.25) is 0 Å². The number of rotatable bonds is 7. The summed E-state index contributed by atoms with van der Waals surface area (Å²) in [7, 11) is 3.08. The van der Waals surface area contributed by atoms with Gasteiger partial charge in [-0.15, -0.1) is 6.58 Å². The van der Waals surface area contributed by atoms with Crippen LogP contribution in [0.4, 0.5) is 0 Å². The zero-order chi connectivity index (χ0) is 20.1. The van der Waals surface area contributed by atoms with E-state index in [2.05, 4.69) is 11.6 Å². The van der Waals surface area contributed by atoms with Gasteiger partial charge in [-0.05, 0) is 43.3 Å². The first kappa shape index (κ1) is 19.7. The Bertz CT molecular complexity index is 1080. The Morgan fingerprint density at radius 2 is 1.96 bits per heavy atom. The maximum absolute atomic E-state index is 12.8. The number of benzene rings is 2. The Labute approximate surface area is 167 Å². The van der Waals surface area contributed by atoms with E-state index in [-0.39, 0.29) is 5.91 Å². The van der Waals surface area contributed by atoms with Gasteiger partial charge < -0.3 is 18.8 Å². The highest BCUT2D eigenvalue weighted by Crippen LogP contribution is 2.28. The molecular weight excluding hydrogens is 376 g/mol. The average Bonchev–Trinajstić information content (AvgIpc) is 3.04. The molecule has 1 heterocycles. The van der Waals surface area contributed by atoms with Gasteiger partial charge in [0.2, 0.25) is 0 Å². The minimum absolute atomic E-state index is 0.352. The largest absolute Gasteiger partial charge is 0.494 e. The second-order valence-corrected chi connectivity index (χ2v) is 6.84. The first-order valence-electron chi connectivity index (χ1n) is 8.79. The minimum Gasteiger partial charge on any atom is -0.494 e. The molecule has 3 aromatic rings. The summed E-state index contributed by atoms with van der Waals surface area (Å²) >= 11 is 1.44. The SMILES string of the molecule is C=CCn1c(=NC(=O)c2ccc(OC)c(OC)c2)sc2cc(OCC)ccc21. The van der Waals surface area contributed by atoms with E-state index in [9.17, 15) is 4.79 Å². The molecule has 0 saturated carbocycles. The second kappa shape index (κ2) is 8.75. The molecule has 7 heteroatoms. The van der Waals surface area contributed by atoms with Crippen LogP contribution in [-0.2, 0) is 6.54 Å². The van der Waals surface area contributed by atoms with Gasteiger partial charge in [0.1, 0.15) is 5.75 Å². The lowest BCUT2D eigenvalue weighted by Gasteiger charge is -2.07. The lowest BCUT2D eigenvalue weighted by atomic mass is 10.2. The van der Waals surface area contributed by atoms with E-state index in [1.54, 1.807) is 31.4 Å². The maximum atomic E-state index is 12.8. The van der Waals surface area contributed by atoms with Gasteiger partial charge in [0.15, 0.2) is 16.3 Å². The van der Waals surface area contributed by atoms with E-state index in [0.29, 0.717) is 35.0 Å². The number of ether oxygens (including phenoxy) is 3. The molecule has 28 heavy (non-hydrogen) atoms. The first-order valence-corrected chi connectivity index (χ1v) is 9.61. The molecule has 3 rings (SSSR count). The van der Waals surface area contributed by atoms with E-state index < -0.39 is 0 Å². The van der Waals surface area contributed by atoms with E-state index in [4.69, 9.17) is 14.2 Å². The Balaban J connectivity index is 2.08. The fourth-order valence-electron chi connectivity index (χ4n) is 2.82. The quantitative estimate of drug-likeness (QED) is 0.564. The molecule has 1 amide bonds. The van der Waals surface area contributed by atoms with Crippen LogP contribution in [-0.4, -0.2) is 31.3 Å². The van der Waals surface area contributed by atoms with Crippen molar-refractivity contribution in [2.45, 2.75) is 13.5 Å². The maximum Gasteiger partial charge on any atom is 0.279 e. The van der Waals surface area contributed by atoms with Crippen LogP contribution in [0.5, 0.6) is 17.2 Å². The fourth-order valence-corrected chi connectivity index (χ4v) is 3.89. The summed E-state index contributed by atoms with van der Waals surface area (Å²) in [6.07, 6.45) is 1.78. The molecule has 2 aromatic carbocycles. The fraction of sp³-hybridized carbons (Fsp3) is 0.238. The van der Waals surface area contributed by atoms with Gasteiger partial charge in [0.05, 0.1) is 31.0 Å². The Kier molecular flexibility index (Phi) is 6.16. The van der Waals surface area contributed by atoms with Crippen molar-refractivity contribution < 1.29 is 19.0 Å². The molecule has 0 fully saturated rings. The smallest absolute Gasteiger partial charge is 0.279 e. The van der Waals surface area contributed by atoms with Gasteiger partial charge in [-0.1, -0.05) is 17.4 Å². The Morgan fingerprint density at radius 3 is 2.64 bits per heavy atom. The number of nitrogens with zero attached hydrogens (tertiary/aromatic N) is 2. The number of fused-ring (bicyclic) bond motifs is 1. The van der Waals surface area contributed by atoms with Gasteiger partial charge >= 0.3 is 0 Å². The van der Waals surface area contributed by atoms with Crippen molar-refractivity contribution in [3.05, 3.63) is 59.4 Å². The molecule has 0 radical (unpaired) electrons. The van der Waals surface area contributed by atoms with Crippen LogP contribution >= 0.6 is 11.3 Å². The third-order valence-electron chi connectivity index (χ3n) is 4.10. The number of hydrogen-bond donors (Lipinski definition) is 0. The van der Waals surface area contributed by atoms with Gasteiger partial charge in [0.25, 0.3) is 5.91 Å². The summed E-state index contributed by atoms with van der Waals surface area (Å²) in [6.45, 7) is 6.90. The molecule has 0 bridgehead atoms. The molecule has 1 aromatic heterocycles. The number of methoxy groups -OCH3 is 2. The second-order valence-electron chi connectivity index (χ2n) is 5.83. The molecule has 0 aliphatic rings. The summed E-state index contributed by atoms with van der Waals surface area (Å²) in [5.74, 6) is 1.49. The van der Waals surface area contributed by atoms with E-state index in [0.717, 1.165) is 16.0 Å². The zero-order valence-corrected chi connectivity index (χ0v) is 16.9. The third-order valence-corrected chi connectivity index (χ3v) is 5.15. The summed E-state index contributed by atoms with van der Waals surface area (Å²) in [4.78, 5) is 17.7. The highest BCUT2D eigenvalue weighted by molar-refractivity contribution is 7.16. The molecule has 146 valence electrons. The van der Waals surface area contributed by atoms with E-state index >= 15 is 0 Å². The van der Waals surface area contributed by atoms with Crippen LogP contribution in [0, 0.1) is 0 Å². The van der Waals surface area contributed by atoms with Gasteiger partial charge in [-0.2, -0.15) is 4.99 Å². The summed E-state index contributed by atoms with van der Waals surface area (Å²) in [5.41, 5.74) is 1.41. The predicted octanol–water partition coefficient (Wildman–Crippen LogP) is 4.05. The number of carbonyl (C=O) groups excluding carboxylic acids is 1. The lowest BCUT2D eigenvalue weighted by Crippen LogP contribution is -2.16. The van der Waals surface area contributed by atoms with Crippen LogP contribution < -0.4 is 19.0 Å². The predicted molar refractivity (Wildman–Crippen MR) is 111 cm³/mol. The van der Waals surface area contributed by atoms with Crippen molar-refractivity contribution in [3.63, 3.8) is 0 Å². The standard InChI is InChI=1S/C21H22N2O4S/c1-5-11-23-16-9-8-15(27-6-2)13-19(16)28-21(23)22-20(24)14-7-10-17(25-3)18(12-14)26-4/h5,7-10,12-13H,1,6,11H2,2-4H3. The number of aromatic nitrogens is 1. The topological polar surface area (TPSA) is 62.1 Å². The molecule has 0 atom stereocenters. The van der Waals surface area contributed by atoms with Crippen molar-refractivity contribution >= 4 is 27.5 Å². The number of hydrogen-bond acceptors (Lipinski definition) is 5. The molecular formula is C21H22N2O4S. The first-order chi connectivity index (χ1) is 13.6. The molecule has 0 aliphatic carbocycles. The van der Waals surface area contributed by atoms with Crippen molar-refractivity contribution in [1.29, 1.82) is 0 Å². The lowest BCUT2D eigenvalue weighted by molar-refractivity contribution is 0.0997. The molecule has 6 nitrogen and oxygen atoms in total. The van der Waals surface area contributed by atoms with Crippen molar-refractivity contribution in [2.24, 2.45) is 4.99 Å². The number of amides is 1. The molecule has 0 saturated heterocycles. The van der Waals surface area contributed by atoms with Crippen molar-refractivity contribution in [3.8, 4) is 17.2 Å². The summed E-state index contributed by atoms with van der Waals surface area (Å²) < 4.78 is 19.0. The molecule has 0 N–H and O–H groups in total. The van der Waals surface area contributed by atoms with Crippen LogP contribution in [0.15, 0.2) is 54.0 Å². The molecule has 0 unspecified atom stereocenters. The Hall–Kier alpha value is -3.06. The minimum atomic E-state index is -0.352. The average molecular weight is 398 g/mol. The highest BCUT2D eigenvalue weighted by Gasteiger charge is 2.12. The van der Waals surface area contributed by atoms with Gasteiger partial charge in [0, 0.05) is 12.1 Å². The van der Waals surface area contributed by atoms with Gasteiger partial charge in [-0.25, -0.2) is 0 Å². The van der Waals surface area contributed by atoms with Crippen molar-refractivity contribution in [2.75, 3.05) is 20.8 Å².